The van der Waals surface area contributed by atoms with E-state index >= 15 is 0 Å². The van der Waals surface area contributed by atoms with Crippen molar-refractivity contribution in [3.63, 3.8) is 0 Å². The van der Waals surface area contributed by atoms with Gasteiger partial charge in [-0.25, -0.2) is 0 Å². The molecule has 0 aliphatic rings. The molecule has 0 aliphatic heterocycles. The van der Waals surface area contributed by atoms with Crippen LogP contribution in [0.3, 0.4) is 0 Å². The van der Waals surface area contributed by atoms with Crippen LogP contribution < -0.4 is 11.3 Å². The van der Waals surface area contributed by atoms with Crippen molar-refractivity contribution in [1.29, 1.82) is 0 Å². The van der Waals surface area contributed by atoms with Crippen LogP contribution in [0.1, 0.15) is 36.9 Å². The third-order valence-electron chi connectivity index (χ3n) is 3.30. The number of aromatic nitrogens is 1. The molecule has 1 aromatic carbocycles. The molecule has 100 valence electrons. The highest BCUT2D eigenvalue weighted by molar-refractivity contribution is 5.29. The fraction of sp³-hybridized carbons (Fsp3) is 0.312. The number of hydrogen-bond acceptors (Lipinski definition) is 2. The summed E-state index contributed by atoms with van der Waals surface area (Å²) in [5, 5.41) is 0. The highest BCUT2D eigenvalue weighted by Gasteiger charge is 2.13. The zero-order valence-corrected chi connectivity index (χ0v) is 11.3. The molecule has 1 unspecified atom stereocenters. The van der Waals surface area contributed by atoms with Crippen LogP contribution in [-0.4, -0.2) is 4.57 Å². The molecular weight excluding hydrogens is 236 g/mol. The first-order valence-corrected chi connectivity index (χ1v) is 6.74. The smallest absolute Gasteiger partial charge is 0.255 e. The van der Waals surface area contributed by atoms with Crippen LogP contribution in [0.2, 0.25) is 0 Å². The Balaban J connectivity index is 2.32. The molecule has 0 spiro atoms. The van der Waals surface area contributed by atoms with Crippen molar-refractivity contribution in [3.8, 4) is 0 Å². The van der Waals surface area contributed by atoms with E-state index in [0.29, 0.717) is 5.56 Å². The molecule has 1 atom stereocenters. The van der Waals surface area contributed by atoms with Gasteiger partial charge in [-0.3, -0.25) is 4.79 Å². The van der Waals surface area contributed by atoms with E-state index in [-0.39, 0.29) is 11.6 Å². The largest absolute Gasteiger partial charge is 0.320 e. The van der Waals surface area contributed by atoms with E-state index in [2.05, 4.69) is 6.92 Å². The topological polar surface area (TPSA) is 48.0 Å². The number of hydrogen-bond donors (Lipinski definition) is 1. The number of nitrogens with two attached hydrogens (primary N) is 1. The van der Waals surface area contributed by atoms with Gasteiger partial charge in [-0.2, -0.15) is 0 Å². The molecule has 0 amide bonds. The van der Waals surface area contributed by atoms with Crippen LogP contribution in [0, 0.1) is 0 Å². The Labute approximate surface area is 113 Å². The maximum Gasteiger partial charge on any atom is 0.255 e. The quantitative estimate of drug-likeness (QED) is 0.894. The highest BCUT2D eigenvalue weighted by Crippen LogP contribution is 2.15. The maximum absolute atomic E-state index is 12.4. The third-order valence-corrected chi connectivity index (χ3v) is 3.30. The van der Waals surface area contributed by atoms with Crippen LogP contribution in [0.4, 0.5) is 0 Å². The van der Waals surface area contributed by atoms with E-state index in [1.807, 2.05) is 48.7 Å². The molecule has 19 heavy (non-hydrogen) atoms. The standard InChI is InChI=1S/C16H20N2O/c1-2-3-11-18-12-7-10-14(16(18)19)15(17)13-8-5-4-6-9-13/h4-10,12,15H,2-3,11,17H2,1H3. The zero-order chi connectivity index (χ0) is 13.7. The lowest BCUT2D eigenvalue weighted by Gasteiger charge is -2.14. The molecule has 0 bridgehead atoms. The SMILES string of the molecule is CCCCn1cccc(C(N)c2ccccc2)c1=O. The molecule has 2 aromatic rings. The average Bonchev–Trinajstić information content (AvgIpc) is 2.46. The average molecular weight is 256 g/mol. The van der Waals surface area contributed by atoms with Gasteiger partial charge < -0.3 is 10.3 Å². The molecule has 1 aromatic heterocycles. The summed E-state index contributed by atoms with van der Waals surface area (Å²) in [4.78, 5) is 12.4. The Kier molecular flexibility index (Phi) is 4.53. The van der Waals surface area contributed by atoms with Crippen molar-refractivity contribution in [2.24, 2.45) is 5.73 Å². The molecule has 0 radical (unpaired) electrons. The normalized spacial score (nSPS) is 12.3. The van der Waals surface area contributed by atoms with Crippen LogP contribution in [0.25, 0.3) is 0 Å². The van der Waals surface area contributed by atoms with E-state index in [1.54, 1.807) is 4.57 Å². The van der Waals surface area contributed by atoms with E-state index in [0.717, 1.165) is 24.9 Å². The Morgan fingerprint density at radius 3 is 2.58 bits per heavy atom. The van der Waals surface area contributed by atoms with Crippen molar-refractivity contribution in [3.05, 3.63) is 70.1 Å². The molecule has 3 heteroatoms. The van der Waals surface area contributed by atoms with Crippen LogP contribution >= 0.6 is 0 Å². The van der Waals surface area contributed by atoms with Crippen molar-refractivity contribution >= 4 is 0 Å². The maximum atomic E-state index is 12.4. The first kappa shape index (κ1) is 13.6. The van der Waals surface area contributed by atoms with E-state index in [9.17, 15) is 4.79 Å². The lowest BCUT2D eigenvalue weighted by Crippen LogP contribution is -2.28. The van der Waals surface area contributed by atoms with Crippen LogP contribution in [-0.2, 0) is 6.54 Å². The number of pyridine rings is 1. The van der Waals surface area contributed by atoms with Crippen molar-refractivity contribution in [1.82, 2.24) is 4.57 Å². The second-order valence-corrected chi connectivity index (χ2v) is 4.70. The van der Waals surface area contributed by atoms with E-state index < -0.39 is 0 Å². The minimum atomic E-state index is -0.359. The van der Waals surface area contributed by atoms with Gasteiger partial charge in [0.1, 0.15) is 0 Å². The molecule has 0 aliphatic carbocycles. The monoisotopic (exact) mass is 256 g/mol. The van der Waals surface area contributed by atoms with Crippen molar-refractivity contribution < 1.29 is 0 Å². The summed E-state index contributed by atoms with van der Waals surface area (Å²) in [6.07, 6.45) is 3.91. The summed E-state index contributed by atoms with van der Waals surface area (Å²) < 4.78 is 1.75. The lowest BCUT2D eigenvalue weighted by atomic mass is 10.0. The fourth-order valence-corrected chi connectivity index (χ4v) is 2.14. The zero-order valence-electron chi connectivity index (χ0n) is 11.3. The Morgan fingerprint density at radius 2 is 1.89 bits per heavy atom. The molecule has 2 rings (SSSR count). The molecule has 0 saturated carbocycles. The van der Waals surface area contributed by atoms with Gasteiger partial charge in [0.25, 0.3) is 5.56 Å². The predicted octanol–water partition coefficient (Wildman–Crippen LogP) is 2.70. The first-order valence-electron chi connectivity index (χ1n) is 6.74. The van der Waals surface area contributed by atoms with Crippen LogP contribution in [0.5, 0.6) is 0 Å². The Hall–Kier alpha value is -1.87. The summed E-state index contributed by atoms with van der Waals surface area (Å²) in [7, 11) is 0. The number of aryl methyl sites for hydroxylation is 1. The summed E-state index contributed by atoms with van der Waals surface area (Å²) in [5.41, 5.74) is 7.84. The minimum absolute atomic E-state index is 0.0207. The second-order valence-electron chi connectivity index (χ2n) is 4.70. The van der Waals surface area contributed by atoms with Gasteiger partial charge in [0.15, 0.2) is 0 Å². The number of rotatable bonds is 5. The van der Waals surface area contributed by atoms with Crippen molar-refractivity contribution in [2.75, 3.05) is 0 Å². The number of nitrogens with zero attached hydrogens (tertiary/aromatic N) is 1. The van der Waals surface area contributed by atoms with Gasteiger partial charge >= 0.3 is 0 Å². The number of benzene rings is 1. The third kappa shape index (κ3) is 3.12. The van der Waals surface area contributed by atoms with E-state index in [1.165, 1.54) is 0 Å². The lowest BCUT2D eigenvalue weighted by molar-refractivity contribution is 0.604. The molecule has 0 fully saturated rings. The molecule has 2 N–H and O–H groups in total. The van der Waals surface area contributed by atoms with Crippen molar-refractivity contribution in [2.45, 2.75) is 32.4 Å². The summed E-state index contributed by atoms with van der Waals surface area (Å²) in [6, 6.07) is 13.1. The van der Waals surface area contributed by atoms with Gasteiger partial charge in [0.2, 0.25) is 0 Å². The fourth-order valence-electron chi connectivity index (χ4n) is 2.14. The summed E-state index contributed by atoms with van der Waals surface area (Å²) >= 11 is 0. The number of unbranched alkanes of at least 4 members (excludes halogenated alkanes) is 1. The van der Waals surface area contributed by atoms with Gasteiger partial charge in [0.05, 0.1) is 6.04 Å². The van der Waals surface area contributed by atoms with Gasteiger partial charge in [-0.15, -0.1) is 0 Å². The highest BCUT2D eigenvalue weighted by atomic mass is 16.1. The second kappa shape index (κ2) is 6.34. The van der Waals surface area contributed by atoms with Crippen LogP contribution in [0.15, 0.2) is 53.5 Å². The minimum Gasteiger partial charge on any atom is -0.320 e. The first-order chi connectivity index (χ1) is 9.24. The van der Waals surface area contributed by atoms with Gasteiger partial charge in [0, 0.05) is 18.3 Å². The molecule has 1 heterocycles. The molecular formula is C16H20N2O. The Morgan fingerprint density at radius 1 is 1.16 bits per heavy atom. The summed E-state index contributed by atoms with van der Waals surface area (Å²) in [5.74, 6) is 0. The summed E-state index contributed by atoms with van der Waals surface area (Å²) in [6.45, 7) is 2.87. The van der Waals surface area contributed by atoms with Gasteiger partial charge in [-0.05, 0) is 18.1 Å². The predicted molar refractivity (Wildman–Crippen MR) is 78.1 cm³/mol. The van der Waals surface area contributed by atoms with Gasteiger partial charge in [-0.1, -0.05) is 49.7 Å². The van der Waals surface area contributed by atoms with E-state index in [4.69, 9.17) is 5.73 Å². The molecule has 0 saturated heterocycles. The molecule has 3 nitrogen and oxygen atoms in total. The Bertz CT molecular complexity index is 575.